The molecule has 1 atom stereocenters. The highest BCUT2D eigenvalue weighted by molar-refractivity contribution is 7.49. The molecule has 5 heteroatoms. The van der Waals surface area contributed by atoms with Crippen LogP contribution in [0.4, 0.5) is 0 Å². The summed E-state index contributed by atoms with van der Waals surface area (Å²) in [4.78, 5) is 0. The summed E-state index contributed by atoms with van der Waals surface area (Å²) >= 11 is 0. The molecule has 29 heavy (non-hydrogen) atoms. The molecule has 3 rings (SSSR count). The van der Waals surface area contributed by atoms with E-state index in [1.165, 1.54) is 0 Å². The number of hydrogen-bond donors (Lipinski definition) is 0. The fourth-order valence-corrected chi connectivity index (χ4v) is 4.50. The lowest BCUT2D eigenvalue weighted by Gasteiger charge is -2.23. The lowest BCUT2D eigenvalue weighted by atomic mass is 9.91. The third-order valence-corrected chi connectivity index (χ3v) is 5.91. The number of para-hydroxylation sites is 3. The molecule has 0 radical (unpaired) electrons. The Morgan fingerprint density at radius 1 is 0.724 bits per heavy atom. The minimum atomic E-state index is -3.98. The van der Waals surface area contributed by atoms with Gasteiger partial charge in [-0.25, -0.2) is 0 Å². The first-order valence-electron chi connectivity index (χ1n) is 10.0. The predicted molar refractivity (Wildman–Crippen MR) is 117 cm³/mol. The molecule has 3 aromatic carbocycles. The van der Waals surface area contributed by atoms with E-state index in [9.17, 15) is 4.57 Å². The van der Waals surface area contributed by atoms with Crippen LogP contribution in [0.2, 0.25) is 0 Å². The van der Waals surface area contributed by atoms with Crippen LogP contribution in [0.25, 0.3) is 0 Å². The van der Waals surface area contributed by atoms with Gasteiger partial charge in [0.1, 0.15) is 17.2 Å². The van der Waals surface area contributed by atoms with Gasteiger partial charge in [-0.15, -0.1) is 0 Å². The first-order valence-corrected chi connectivity index (χ1v) is 11.5. The van der Waals surface area contributed by atoms with E-state index in [2.05, 4.69) is 13.8 Å². The molecule has 1 unspecified atom stereocenters. The van der Waals surface area contributed by atoms with Gasteiger partial charge in [-0.05, 0) is 54.7 Å². The van der Waals surface area contributed by atoms with E-state index >= 15 is 0 Å². The van der Waals surface area contributed by atoms with Crippen molar-refractivity contribution in [3.8, 4) is 17.2 Å². The summed E-state index contributed by atoms with van der Waals surface area (Å²) in [6.45, 7) is 4.31. The summed E-state index contributed by atoms with van der Waals surface area (Å²) in [5.41, 5.74) is 1.02. The van der Waals surface area contributed by atoms with Crippen LogP contribution in [0.3, 0.4) is 0 Å². The Labute approximate surface area is 173 Å². The molecule has 0 bridgehead atoms. The largest absolute Gasteiger partial charge is 0.647 e. The molecule has 0 aliphatic carbocycles. The summed E-state index contributed by atoms with van der Waals surface area (Å²) in [5.74, 6) is 1.69. The Morgan fingerprint density at radius 3 is 1.76 bits per heavy atom. The summed E-state index contributed by atoms with van der Waals surface area (Å²) in [6, 6.07) is 25.6. The van der Waals surface area contributed by atoms with E-state index in [-0.39, 0.29) is 0 Å². The van der Waals surface area contributed by atoms with Gasteiger partial charge in [0.25, 0.3) is 0 Å². The maximum absolute atomic E-state index is 13.7. The highest BCUT2D eigenvalue weighted by atomic mass is 31.2. The molecule has 0 aliphatic heterocycles. The fourth-order valence-electron chi connectivity index (χ4n) is 3.23. The van der Waals surface area contributed by atoms with Crippen molar-refractivity contribution in [1.82, 2.24) is 0 Å². The van der Waals surface area contributed by atoms with Gasteiger partial charge in [-0.1, -0.05) is 74.9 Å². The molecule has 0 fully saturated rings. The Kier molecular flexibility index (Phi) is 7.37. The second kappa shape index (κ2) is 10.2. The second-order valence-corrected chi connectivity index (χ2v) is 8.22. The molecule has 4 nitrogen and oxygen atoms in total. The average Bonchev–Trinajstić information content (AvgIpc) is 2.74. The van der Waals surface area contributed by atoms with Crippen molar-refractivity contribution in [2.45, 2.75) is 39.0 Å². The van der Waals surface area contributed by atoms with Crippen LogP contribution in [0, 0.1) is 0 Å². The van der Waals surface area contributed by atoms with E-state index in [0.29, 0.717) is 23.2 Å². The first-order chi connectivity index (χ1) is 14.1. The Bertz CT molecular complexity index is 882. The molecule has 0 saturated heterocycles. The van der Waals surface area contributed by atoms with Crippen LogP contribution in [0.5, 0.6) is 17.2 Å². The second-order valence-electron chi connectivity index (χ2n) is 6.78. The smallest absolute Gasteiger partial charge is 0.386 e. The molecular formula is C24H27O4P. The van der Waals surface area contributed by atoms with Gasteiger partial charge in [0, 0.05) is 0 Å². The van der Waals surface area contributed by atoms with Crippen molar-refractivity contribution in [3.05, 3.63) is 90.5 Å². The summed E-state index contributed by atoms with van der Waals surface area (Å²) in [5, 5.41) is 0. The lowest BCUT2D eigenvalue weighted by Crippen LogP contribution is -2.09. The van der Waals surface area contributed by atoms with E-state index in [1.807, 2.05) is 60.7 Å². The zero-order valence-electron chi connectivity index (χ0n) is 16.9. The first kappa shape index (κ1) is 21.0. The quantitative estimate of drug-likeness (QED) is 0.322. The van der Waals surface area contributed by atoms with Gasteiger partial charge in [-0.2, -0.15) is 4.57 Å². The Hall–Kier alpha value is -2.71. The number of benzene rings is 3. The topological polar surface area (TPSA) is 44.8 Å². The van der Waals surface area contributed by atoms with E-state index in [1.54, 1.807) is 24.3 Å². The summed E-state index contributed by atoms with van der Waals surface area (Å²) in [6.07, 6.45) is 3.06. The minimum Gasteiger partial charge on any atom is -0.386 e. The van der Waals surface area contributed by atoms with E-state index in [0.717, 1.165) is 24.8 Å². The average molecular weight is 410 g/mol. The van der Waals surface area contributed by atoms with Crippen LogP contribution in [-0.4, -0.2) is 0 Å². The van der Waals surface area contributed by atoms with Gasteiger partial charge in [0.15, 0.2) is 0 Å². The Morgan fingerprint density at radius 2 is 1.24 bits per heavy atom. The van der Waals surface area contributed by atoms with Crippen LogP contribution >= 0.6 is 7.82 Å². The normalized spacial score (nSPS) is 12.2. The SMILES string of the molecule is CCCC(CC)c1ccccc1OP(=O)(Oc1ccccc1)Oc1ccccc1. The summed E-state index contributed by atoms with van der Waals surface area (Å²) in [7, 11) is -3.98. The molecule has 0 aliphatic rings. The minimum absolute atomic E-state index is 0.318. The number of hydrogen-bond acceptors (Lipinski definition) is 4. The van der Waals surface area contributed by atoms with Crippen molar-refractivity contribution in [1.29, 1.82) is 0 Å². The summed E-state index contributed by atoms with van der Waals surface area (Å²) < 4.78 is 31.2. The standard InChI is InChI=1S/C24H27O4P/c1-3-13-20(4-2)23-18-11-12-19-24(23)28-29(25,26-21-14-7-5-8-15-21)27-22-16-9-6-10-17-22/h5-12,14-20H,3-4,13H2,1-2H3. The van der Waals surface area contributed by atoms with Crippen LogP contribution in [0.1, 0.15) is 44.6 Å². The van der Waals surface area contributed by atoms with Crippen molar-refractivity contribution in [2.24, 2.45) is 0 Å². The van der Waals surface area contributed by atoms with Crippen molar-refractivity contribution in [3.63, 3.8) is 0 Å². The highest BCUT2D eigenvalue weighted by Gasteiger charge is 2.34. The number of rotatable bonds is 10. The third-order valence-electron chi connectivity index (χ3n) is 4.62. The monoisotopic (exact) mass is 410 g/mol. The van der Waals surface area contributed by atoms with E-state index < -0.39 is 7.82 Å². The van der Waals surface area contributed by atoms with E-state index in [4.69, 9.17) is 13.6 Å². The fraction of sp³-hybridized carbons (Fsp3) is 0.250. The molecule has 0 heterocycles. The molecule has 0 amide bonds. The van der Waals surface area contributed by atoms with Gasteiger partial charge < -0.3 is 13.6 Å². The van der Waals surface area contributed by atoms with Gasteiger partial charge in [0.05, 0.1) is 0 Å². The number of phosphoric acid groups is 1. The molecule has 0 spiro atoms. The van der Waals surface area contributed by atoms with Crippen molar-refractivity contribution in [2.75, 3.05) is 0 Å². The molecule has 0 saturated carbocycles. The molecule has 0 N–H and O–H groups in total. The van der Waals surface area contributed by atoms with Crippen LogP contribution in [0.15, 0.2) is 84.9 Å². The zero-order valence-corrected chi connectivity index (χ0v) is 17.8. The van der Waals surface area contributed by atoms with Crippen molar-refractivity contribution >= 4 is 7.82 Å². The Balaban J connectivity index is 1.94. The van der Waals surface area contributed by atoms with Gasteiger partial charge >= 0.3 is 7.82 Å². The van der Waals surface area contributed by atoms with Gasteiger partial charge in [-0.3, -0.25) is 0 Å². The van der Waals surface area contributed by atoms with Crippen molar-refractivity contribution < 1.29 is 18.1 Å². The maximum Gasteiger partial charge on any atom is 0.647 e. The lowest BCUT2D eigenvalue weighted by molar-refractivity contribution is 0.296. The molecule has 152 valence electrons. The molecule has 0 aromatic heterocycles. The maximum atomic E-state index is 13.7. The zero-order chi connectivity index (χ0) is 20.5. The molecular weight excluding hydrogens is 383 g/mol. The van der Waals surface area contributed by atoms with Crippen LogP contribution < -0.4 is 13.6 Å². The van der Waals surface area contributed by atoms with Gasteiger partial charge in [0.2, 0.25) is 0 Å². The third kappa shape index (κ3) is 5.88. The molecule has 3 aromatic rings. The number of phosphoric ester groups is 1. The highest BCUT2D eigenvalue weighted by Crippen LogP contribution is 2.51. The van der Waals surface area contributed by atoms with Crippen LogP contribution in [-0.2, 0) is 4.57 Å². The predicted octanol–water partition coefficient (Wildman–Crippen LogP) is 7.63.